The maximum absolute atomic E-state index is 14.6. The van der Waals surface area contributed by atoms with Crippen LogP contribution in [-0.4, -0.2) is 41.4 Å². The van der Waals surface area contributed by atoms with Crippen LogP contribution in [0.1, 0.15) is 41.3 Å². The molecule has 6 nitrogen and oxygen atoms in total. The first-order chi connectivity index (χ1) is 17.8. The van der Waals surface area contributed by atoms with Gasteiger partial charge in [0.2, 0.25) is 0 Å². The highest BCUT2D eigenvalue weighted by Crippen LogP contribution is 2.51. The molecule has 3 aromatic rings. The number of fused-ring (bicyclic) bond motifs is 1. The summed E-state index contributed by atoms with van der Waals surface area (Å²) in [5.41, 5.74) is -2.76. The lowest BCUT2D eigenvalue weighted by molar-refractivity contribution is -0.274. The highest BCUT2D eigenvalue weighted by atomic mass is 35.5. The number of ether oxygens (including phenoxy) is 1. The third-order valence-electron chi connectivity index (χ3n) is 6.72. The molecule has 2 unspecified atom stereocenters. The average molecular weight is 568 g/mol. The summed E-state index contributed by atoms with van der Waals surface area (Å²) in [6.45, 7) is 2.88. The number of carbonyl (C=O) groups is 2. The second-order valence-corrected chi connectivity index (χ2v) is 9.65. The van der Waals surface area contributed by atoms with Crippen molar-refractivity contribution in [3.8, 4) is 16.9 Å². The van der Waals surface area contributed by atoms with Crippen LogP contribution in [0.3, 0.4) is 0 Å². The number of carboxylic acids is 1. The third kappa shape index (κ3) is 4.70. The number of aromatic carboxylic acids is 1. The number of benzene rings is 3. The molecule has 0 bridgehead atoms. The minimum absolute atomic E-state index is 0.00833. The van der Waals surface area contributed by atoms with Crippen molar-refractivity contribution in [2.75, 3.05) is 18.1 Å². The van der Waals surface area contributed by atoms with Crippen LogP contribution in [0.5, 0.6) is 5.75 Å². The highest BCUT2D eigenvalue weighted by Gasteiger charge is 2.59. The van der Waals surface area contributed by atoms with Crippen LogP contribution in [0.25, 0.3) is 11.1 Å². The zero-order chi connectivity index (χ0) is 28.0. The van der Waals surface area contributed by atoms with Crippen molar-refractivity contribution in [3.63, 3.8) is 0 Å². The van der Waals surface area contributed by atoms with Crippen molar-refractivity contribution in [1.29, 1.82) is 0 Å². The summed E-state index contributed by atoms with van der Waals surface area (Å²) >= 11 is 12.5. The topological polar surface area (TPSA) is 87.1 Å². The lowest BCUT2D eigenvalue weighted by atomic mass is 9.77. The van der Waals surface area contributed by atoms with E-state index in [-0.39, 0.29) is 45.8 Å². The molecule has 0 saturated carbocycles. The van der Waals surface area contributed by atoms with Gasteiger partial charge >= 0.3 is 12.1 Å². The molecule has 4 rings (SSSR count). The van der Waals surface area contributed by atoms with Crippen molar-refractivity contribution >= 4 is 40.8 Å². The van der Waals surface area contributed by atoms with Crippen LogP contribution in [0, 0.1) is 0 Å². The zero-order valence-corrected chi connectivity index (χ0v) is 21.7. The molecule has 0 aliphatic carbocycles. The molecule has 200 valence electrons. The van der Waals surface area contributed by atoms with Gasteiger partial charge < -0.3 is 19.8 Å². The van der Waals surface area contributed by atoms with Crippen molar-refractivity contribution in [2.24, 2.45) is 0 Å². The predicted molar refractivity (Wildman–Crippen MR) is 137 cm³/mol. The third-order valence-corrected chi connectivity index (χ3v) is 7.36. The molecule has 1 heterocycles. The summed E-state index contributed by atoms with van der Waals surface area (Å²) in [6, 6.07) is 12.1. The van der Waals surface area contributed by atoms with Crippen LogP contribution < -0.4 is 9.64 Å². The maximum atomic E-state index is 14.6. The highest BCUT2D eigenvalue weighted by molar-refractivity contribution is 6.34. The number of nitrogens with zero attached hydrogens (tertiary/aromatic N) is 1. The molecule has 1 aliphatic heterocycles. The van der Waals surface area contributed by atoms with E-state index in [1.54, 1.807) is 6.92 Å². The number of hydrogen-bond acceptors (Lipinski definition) is 4. The normalized spacial score (nSPS) is 15.9. The number of aliphatic hydroxyl groups is 1. The van der Waals surface area contributed by atoms with E-state index in [4.69, 9.17) is 33.0 Å². The lowest BCUT2D eigenvalue weighted by Gasteiger charge is -2.38. The van der Waals surface area contributed by atoms with E-state index in [0.29, 0.717) is 11.1 Å². The summed E-state index contributed by atoms with van der Waals surface area (Å²) in [6.07, 6.45) is -5.11. The van der Waals surface area contributed by atoms with Crippen molar-refractivity contribution in [1.82, 2.24) is 0 Å². The fourth-order valence-corrected chi connectivity index (χ4v) is 5.20. The molecule has 3 aromatic carbocycles. The standard InChI is InChI=1S/C27H22Cl2F3NO5/c1-3-33-22-12-17(6-9-23(22)38-13-24(33)34)26(37,27(30,31)32)14(2)18-7-4-15(10-20(18)28)16-5-8-19(25(35)36)21(29)11-16/h4-12,14,37H,3,13H2,1-2H3,(H,35,36). The summed E-state index contributed by atoms with van der Waals surface area (Å²) in [5, 5.41) is 20.4. The molecule has 1 aliphatic rings. The van der Waals surface area contributed by atoms with E-state index in [1.165, 1.54) is 54.3 Å². The van der Waals surface area contributed by atoms with Crippen LogP contribution in [0.2, 0.25) is 10.0 Å². The van der Waals surface area contributed by atoms with Gasteiger partial charge in [0.25, 0.3) is 5.91 Å². The molecular weight excluding hydrogens is 546 g/mol. The van der Waals surface area contributed by atoms with Crippen LogP contribution >= 0.6 is 23.2 Å². The van der Waals surface area contributed by atoms with Gasteiger partial charge in [-0.15, -0.1) is 0 Å². The Hall–Kier alpha value is -3.27. The van der Waals surface area contributed by atoms with Gasteiger partial charge in [-0.2, -0.15) is 13.2 Å². The number of anilines is 1. The average Bonchev–Trinajstić information content (AvgIpc) is 2.86. The predicted octanol–water partition coefficient (Wildman–Crippen LogP) is 6.66. The van der Waals surface area contributed by atoms with Gasteiger partial charge in [-0.1, -0.05) is 54.4 Å². The maximum Gasteiger partial charge on any atom is 0.422 e. The van der Waals surface area contributed by atoms with Crippen molar-refractivity contribution < 1.29 is 37.7 Å². The number of alkyl halides is 3. The number of hydrogen-bond donors (Lipinski definition) is 2. The number of carbonyl (C=O) groups excluding carboxylic acids is 1. The molecule has 2 atom stereocenters. The molecule has 2 N–H and O–H groups in total. The van der Waals surface area contributed by atoms with E-state index >= 15 is 0 Å². The van der Waals surface area contributed by atoms with E-state index in [0.717, 1.165) is 12.1 Å². The Kier molecular flexibility index (Phi) is 7.40. The quantitative estimate of drug-likeness (QED) is 0.348. The van der Waals surface area contributed by atoms with Crippen LogP contribution in [0.4, 0.5) is 18.9 Å². The van der Waals surface area contributed by atoms with Crippen LogP contribution in [0.15, 0.2) is 54.6 Å². The minimum Gasteiger partial charge on any atom is -0.482 e. The molecule has 0 spiro atoms. The first-order valence-corrected chi connectivity index (χ1v) is 12.2. The SMILES string of the molecule is CCN1C(=O)COc2ccc(C(O)(C(C)c3ccc(-c4ccc(C(=O)O)c(Cl)c4)cc3Cl)C(F)(F)F)cc21. The zero-order valence-electron chi connectivity index (χ0n) is 20.1. The number of rotatable bonds is 6. The minimum atomic E-state index is -5.11. The summed E-state index contributed by atoms with van der Waals surface area (Å²) in [7, 11) is 0. The summed E-state index contributed by atoms with van der Waals surface area (Å²) in [4.78, 5) is 24.7. The Bertz CT molecular complexity index is 1430. The Balaban J connectivity index is 1.77. The molecule has 0 aromatic heterocycles. The van der Waals surface area contributed by atoms with Crippen LogP contribution in [-0.2, 0) is 10.4 Å². The monoisotopic (exact) mass is 567 g/mol. The fourth-order valence-electron chi connectivity index (χ4n) is 4.60. The summed E-state index contributed by atoms with van der Waals surface area (Å²) in [5.74, 6) is -2.93. The fraction of sp³-hybridized carbons (Fsp3) is 0.259. The Morgan fingerprint density at radius 1 is 1.05 bits per heavy atom. The second-order valence-electron chi connectivity index (χ2n) is 8.83. The molecular formula is C27H22Cl2F3NO5. The van der Waals surface area contributed by atoms with Gasteiger partial charge in [-0.25, -0.2) is 4.79 Å². The number of carboxylic acid groups (broad SMARTS) is 1. The van der Waals surface area contributed by atoms with Crippen molar-refractivity contribution in [2.45, 2.75) is 31.5 Å². The van der Waals surface area contributed by atoms with Gasteiger partial charge in [0.1, 0.15) is 5.75 Å². The number of likely N-dealkylation sites (N-methyl/N-ethyl adjacent to an activating group) is 1. The molecule has 0 radical (unpaired) electrons. The Morgan fingerprint density at radius 2 is 1.68 bits per heavy atom. The van der Waals surface area contributed by atoms with Gasteiger partial charge in [0, 0.05) is 17.5 Å². The van der Waals surface area contributed by atoms with E-state index < -0.39 is 35.1 Å². The van der Waals surface area contributed by atoms with E-state index in [9.17, 15) is 27.9 Å². The summed E-state index contributed by atoms with van der Waals surface area (Å²) < 4.78 is 49.1. The van der Waals surface area contributed by atoms with Gasteiger partial charge in [-0.3, -0.25) is 4.79 Å². The second kappa shape index (κ2) is 10.1. The molecule has 1 amide bonds. The van der Waals surface area contributed by atoms with Gasteiger partial charge in [0.15, 0.2) is 12.2 Å². The number of halogens is 5. The van der Waals surface area contributed by atoms with Gasteiger partial charge in [-0.05, 0) is 59.5 Å². The van der Waals surface area contributed by atoms with E-state index in [2.05, 4.69) is 0 Å². The Morgan fingerprint density at radius 3 is 2.24 bits per heavy atom. The first-order valence-electron chi connectivity index (χ1n) is 11.5. The lowest BCUT2D eigenvalue weighted by Crippen LogP contribution is -2.47. The van der Waals surface area contributed by atoms with Crippen molar-refractivity contribution in [3.05, 3.63) is 81.3 Å². The largest absolute Gasteiger partial charge is 0.482 e. The first kappa shape index (κ1) is 27.8. The smallest absolute Gasteiger partial charge is 0.422 e. The molecule has 0 fully saturated rings. The Labute approximate surface area is 226 Å². The molecule has 0 saturated heterocycles. The molecule has 38 heavy (non-hydrogen) atoms. The van der Waals surface area contributed by atoms with Gasteiger partial charge in [0.05, 0.1) is 16.3 Å². The van der Waals surface area contributed by atoms with E-state index in [1.807, 2.05) is 0 Å². The molecule has 11 heteroatoms. The number of amides is 1.